The van der Waals surface area contributed by atoms with Crippen molar-refractivity contribution in [3.63, 3.8) is 0 Å². The van der Waals surface area contributed by atoms with Crippen LogP contribution in [0.4, 0.5) is 4.39 Å². The van der Waals surface area contributed by atoms with E-state index in [9.17, 15) is 9.59 Å². The number of ketones is 1. The van der Waals surface area contributed by atoms with Crippen LogP contribution in [0.5, 0.6) is 0 Å². The van der Waals surface area contributed by atoms with E-state index in [1.165, 1.54) is 44.9 Å². The van der Waals surface area contributed by atoms with Gasteiger partial charge in [-0.3, -0.25) is 9.59 Å². The molecule has 7 rings (SSSR count). The van der Waals surface area contributed by atoms with Crippen molar-refractivity contribution in [3.05, 3.63) is 11.8 Å². The first kappa shape index (κ1) is 26.4. The van der Waals surface area contributed by atoms with Crippen LogP contribution in [0.15, 0.2) is 11.8 Å². The summed E-state index contributed by atoms with van der Waals surface area (Å²) in [5.74, 6) is 0.421. The van der Waals surface area contributed by atoms with E-state index >= 15 is 4.39 Å². The molecule has 3 saturated carbocycles. The van der Waals surface area contributed by atoms with Crippen LogP contribution in [0.2, 0.25) is 0 Å². The third kappa shape index (κ3) is 4.57. The highest BCUT2D eigenvalue weighted by molar-refractivity contribution is 6.20. The van der Waals surface area contributed by atoms with Gasteiger partial charge in [0, 0.05) is 31.2 Å². The molecule has 0 aromatic heterocycles. The van der Waals surface area contributed by atoms with Crippen LogP contribution >= 0.6 is 0 Å². The number of nitrogens with zero attached hydrogens (tertiary/aromatic N) is 3. The van der Waals surface area contributed by atoms with Crippen molar-refractivity contribution in [1.82, 2.24) is 20.0 Å². The molecule has 10 atom stereocenters. The molecule has 4 aliphatic heterocycles. The van der Waals surface area contributed by atoms with Crippen LogP contribution in [0.1, 0.15) is 77.0 Å². The van der Waals surface area contributed by atoms with Crippen molar-refractivity contribution in [2.24, 2.45) is 17.8 Å². The summed E-state index contributed by atoms with van der Waals surface area (Å²) < 4.78 is 23.0. The molecule has 39 heavy (non-hydrogen) atoms. The average Bonchev–Trinajstić information content (AvgIpc) is 3.63. The Morgan fingerprint density at radius 1 is 1.03 bits per heavy atom. The molecule has 0 bridgehead atoms. The summed E-state index contributed by atoms with van der Waals surface area (Å²) in [5.41, 5.74) is 0.304. The van der Waals surface area contributed by atoms with Crippen LogP contribution in [0.3, 0.4) is 0 Å². The van der Waals surface area contributed by atoms with Crippen molar-refractivity contribution in [2.45, 2.75) is 120 Å². The maximum absolute atomic E-state index is 16.0. The Kier molecular flexibility index (Phi) is 7.25. The number of morpholine rings is 1. The van der Waals surface area contributed by atoms with Crippen molar-refractivity contribution in [1.29, 1.82) is 0 Å². The number of alkyl halides is 1. The van der Waals surface area contributed by atoms with Gasteiger partial charge in [0.15, 0.2) is 5.78 Å². The Labute approximate surface area is 232 Å². The van der Waals surface area contributed by atoms with E-state index in [1.54, 1.807) is 0 Å². The first-order chi connectivity index (χ1) is 19.0. The lowest BCUT2D eigenvalue weighted by molar-refractivity contribution is -0.215. The van der Waals surface area contributed by atoms with Gasteiger partial charge in [-0.15, -0.1) is 0 Å². The molecule has 0 aromatic carbocycles. The van der Waals surface area contributed by atoms with Crippen LogP contribution in [-0.2, 0) is 14.3 Å². The van der Waals surface area contributed by atoms with E-state index in [4.69, 9.17) is 4.74 Å². The molecular formula is C31H47FN4O3. The first-order valence-electron chi connectivity index (χ1n) is 16.1. The summed E-state index contributed by atoms with van der Waals surface area (Å²) >= 11 is 0. The highest BCUT2D eigenvalue weighted by Crippen LogP contribution is 2.51. The molecule has 7 aliphatic rings. The van der Waals surface area contributed by atoms with Crippen LogP contribution < -0.4 is 5.32 Å². The van der Waals surface area contributed by atoms with E-state index in [-0.39, 0.29) is 42.4 Å². The van der Waals surface area contributed by atoms with Crippen molar-refractivity contribution in [3.8, 4) is 0 Å². The molecule has 0 spiro atoms. The molecule has 0 radical (unpaired) electrons. The average molecular weight is 543 g/mol. The van der Waals surface area contributed by atoms with Crippen LogP contribution in [0.25, 0.3) is 0 Å². The zero-order chi connectivity index (χ0) is 26.7. The summed E-state index contributed by atoms with van der Waals surface area (Å²) in [6.45, 7) is 3.34. The van der Waals surface area contributed by atoms with E-state index in [0.717, 1.165) is 38.8 Å². The zero-order valence-electron chi connectivity index (χ0n) is 23.6. The molecule has 0 aromatic rings. The van der Waals surface area contributed by atoms with Gasteiger partial charge in [0.25, 0.3) is 5.91 Å². The number of hydrogen-bond acceptors (Lipinski definition) is 6. The summed E-state index contributed by atoms with van der Waals surface area (Å²) in [5, 5.41) is 3.59. The lowest BCUT2D eigenvalue weighted by Crippen LogP contribution is -2.74. The summed E-state index contributed by atoms with van der Waals surface area (Å²) in [4.78, 5) is 34.2. The number of hydrogen-bond donors (Lipinski definition) is 1. The second-order valence-corrected chi connectivity index (χ2v) is 13.7. The monoisotopic (exact) mass is 542 g/mol. The number of ether oxygens (including phenoxy) is 1. The minimum Gasteiger partial charge on any atom is -0.369 e. The fourth-order valence-electron chi connectivity index (χ4n) is 9.65. The number of likely N-dealkylation sites (tertiary alicyclic amines) is 2. The topological polar surface area (TPSA) is 65.1 Å². The van der Waals surface area contributed by atoms with Crippen LogP contribution in [-0.4, -0.2) is 102 Å². The maximum Gasteiger partial charge on any atom is 0.258 e. The van der Waals surface area contributed by atoms with Gasteiger partial charge in [0.05, 0.1) is 35.9 Å². The standard InChI is InChI=1S/C31H47FN4O3/c1-34-14-6-8-20(34)12-13-33-26-24(32)17-22-28-30(26)39-25-11-10-19-7-2-3-9-21(19)27(25)36(28)18-23(29(22)37)31(38)35-15-4-5-16-35/h18-22,24-28,30,33H,2-17H2,1H3. The summed E-state index contributed by atoms with van der Waals surface area (Å²) in [7, 11) is 2.19. The Morgan fingerprint density at radius 3 is 2.64 bits per heavy atom. The SMILES string of the molecule is CN1CCCC1CCNC1C(F)CC2C(=O)C(C(=O)N3CCCC3)=CN3C4C(CCC5CCCCC54)OC1C23. The fraction of sp³-hybridized carbons (Fsp3) is 0.871. The summed E-state index contributed by atoms with van der Waals surface area (Å²) in [6.07, 6.45) is 13.2. The highest BCUT2D eigenvalue weighted by Gasteiger charge is 2.60. The molecular weight excluding hydrogens is 495 g/mol. The van der Waals surface area contributed by atoms with Gasteiger partial charge < -0.3 is 24.8 Å². The molecule has 1 N–H and O–H groups in total. The molecule has 6 fully saturated rings. The second-order valence-electron chi connectivity index (χ2n) is 13.7. The lowest BCUT2D eigenvalue weighted by Gasteiger charge is -2.62. The Bertz CT molecular complexity index is 985. The third-order valence-electron chi connectivity index (χ3n) is 11.6. The van der Waals surface area contributed by atoms with Gasteiger partial charge in [0.1, 0.15) is 6.17 Å². The Morgan fingerprint density at radius 2 is 1.85 bits per heavy atom. The molecule has 3 saturated heterocycles. The van der Waals surface area contributed by atoms with E-state index in [1.807, 2.05) is 11.1 Å². The van der Waals surface area contributed by atoms with Crippen LogP contribution in [0, 0.1) is 17.8 Å². The fourth-order valence-corrected chi connectivity index (χ4v) is 9.65. The number of Topliss-reactive ketones (excluding diaryl/α,β-unsaturated/α-hetero) is 1. The minimum absolute atomic E-state index is 0.0365. The van der Waals surface area contributed by atoms with Gasteiger partial charge in [-0.1, -0.05) is 19.3 Å². The number of rotatable bonds is 5. The second kappa shape index (κ2) is 10.7. The number of carbonyl (C=O) groups excluding carboxylic acids is 2. The predicted octanol–water partition coefficient (Wildman–Crippen LogP) is 3.28. The van der Waals surface area contributed by atoms with Crippen molar-refractivity contribution >= 4 is 11.7 Å². The molecule has 4 heterocycles. The molecule has 10 unspecified atom stereocenters. The highest BCUT2D eigenvalue weighted by atomic mass is 19.1. The number of fused-ring (bicyclic) bond motifs is 4. The first-order valence-corrected chi connectivity index (χ1v) is 16.1. The molecule has 8 heteroatoms. The number of carbonyl (C=O) groups is 2. The van der Waals surface area contributed by atoms with Gasteiger partial charge in [-0.25, -0.2) is 4.39 Å². The summed E-state index contributed by atoms with van der Waals surface area (Å²) in [6, 6.07) is 0.141. The van der Waals surface area contributed by atoms with Crippen molar-refractivity contribution < 1.29 is 18.7 Å². The Balaban J connectivity index is 1.19. The third-order valence-corrected chi connectivity index (χ3v) is 11.6. The molecule has 216 valence electrons. The van der Waals surface area contributed by atoms with E-state index in [0.29, 0.717) is 36.5 Å². The quantitative estimate of drug-likeness (QED) is 0.538. The lowest BCUT2D eigenvalue weighted by atomic mass is 9.63. The van der Waals surface area contributed by atoms with Gasteiger partial charge in [0.2, 0.25) is 0 Å². The van der Waals surface area contributed by atoms with Gasteiger partial charge in [-0.2, -0.15) is 0 Å². The van der Waals surface area contributed by atoms with Gasteiger partial charge in [-0.05, 0) is 89.8 Å². The minimum atomic E-state index is -1.16. The van der Waals surface area contributed by atoms with Gasteiger partial charge >= 0.3 is 0 Å². The molecule has 7 nitrogen and oxygen atoms in total. The van der Waals surface area contributed by atoms with Crippen molar-refractivity contribution in [2.75, 3.05) is 33.2 Å². The smallest absolute Gasteiger partial charge is 0.258 e. The normalized spacial score (nSPS) is 44.1. The largest absolute Gasteiger partial charge is 0.369 e. The zero-order valence-corrected chi connectivity index (χ0v) is 23.6. The number of amides is 1. The molecule has 1 amide bonds. The predicted molar refractivity (Wildman–Crippen MR) is 147 cm³/mol. The number of nitrogens with one attached hydrogen (secondary N) is 1. The number of halogens is 1. The molecule has 3 aliphatic carbocycles. The maximum atomic E-state index is 16.0. The van der Waals surface area contributed by atoms with E-state index in [2.05, 4.69) is 22.2 Å². The Hall–Kier alpha value is -1.51. The van der Waals surface area contributed by atoms with E-state index < -0.39 is 18.1 Å².